The molecule has 1 saturated heterocycles. The van der Waals surface area contributed by atoms with Crippen molar-refractivity contribution < 1.29 is 0 Å². The molecule has 1 fully saturated rings. The maximum Gasteiger partial charge on any atom is 0.0641 e. The lowest BCUT2D eigenvalue weighted by molar-refractivity contribution is 0.197. The first-order valence-corrected chi connectivity index (χ1v) is 7.98. The molecule has 0 aromatic heterocycles. The van der Waals surface area contributed by atoms with Gasteiger partial charge in [0.05, 0.1) is 18.2 Å². The van der Waals surface area contributed by atoms with E-state index in [9.17, 15) is 0 Å². The third-order valence-electron chi connectivity index (χ3n) is 4.71. The summed E-state index contributed by atoms with van der Waals surface area (Å²) in [6, 6.07) is 8.80. The van der Waals surface area contributed by atoms with Crippen LogP contribution < -0.4 is 10.3 Å². The van der Waals surface area contributed by atoms with Crippen LogP contribution >= 0.6 is 0 Å². The van der Waals surface area contributed by atoms with Gasteiger partial charge in [-0.25, -0.2) is 5.01 Å². The molecule has 0 atom stereocenters. The van der Waals surface area contributed by atoms with E-state index in [0.717, 1.165) is 38.6 Å². The molecule has 0 bridgehead atoms. The molecule has 0 spiro atoms. The number of rotatable bonds is 4. The van der Waals surface area contributed by atoms with Crippen molar-refractivity contribution in [3.8, 4) is 6.07 Å². The van der Waals surface area contributed by atoms with Crippen molar-refractivity contribution in [2.45, 2.75) is 32.7 Å². The standard InChI is InChI=1S/C17H24N4/c1-14-4-2-5-17-16(14)13-20(21(17)11-3-8-18)12-15-6-9-19-10-7-15/h2,4-5,15,19H,3,6-7,9-13H2,1H3. The summed E-state index contributed by atoms with van der Waals surface area (Å²) >= 11 is 0. The summed E-state index contributed by atoms with van der Waals surface area (Å²) in [5.41, 5.74) is 4.10. The molecule has 2 heterocycles. The van der Waals surface area contributed by atoms with Crippen molar-refractivity contribution in [2.75, 3.05) is 31.2 Å². The van der Waals surface area contributed by atoms with E-state index in [1.165, 1.54) is 29.7 Å². The van der Waals surface area contributed by atoms with E-state index in [4.69, 9.17) is 5.26 Å². The van der Waals surface area contributed by atoms with Gasteiger partial charge < -0.3 is 10.3 Å². The zero-order chi connectivity index (χ0) is 14.7. The molecule has 1 aromatic rings. The summed E-state index contributed by atoms with van der Waals surface area (Å²) < 4.78 is 0. The second-order valence-corrected chi connectivity index (χ2v) is 6.14. The van der Waals surface area contributed by atoms with E-state index in [1.807, 2.05) is 0 Å². The molecule has 21 heavy (non-hydrogen) atoms. The Bertz CT molecular complexity index is 528. The van der Waals surface area contributed by atoms with Crippen molar-refractivity contribution in [1.82, 2.24) is 10.3 Å². The van der Waals surface area contributed by atoms with E-state index in [2.05, 4.69) is 46.5 Å². The molecule has 1 aromatic carbocycles. The maximum absolute atomic E-state index is 8.93. The average molecular weight is 284 g/mol. The van der Waals surface area contributed by atoms with E-state index < -0.39 is 0 Å². The number of nitrogens with zero attached hydrogens (tertiary/aromatic N) is 3. The summed E-state index contributed by atoms with van der Waals surface area (Å²) in [7, 11) is 0. The average Bonchev–Trinajstić information content (AvgIpc) is 2.85. The van der Waals surface area contributed by atoms with E-state index >= 15 is 0 Å². The highest BCUT2D eigenvalue weighted by molar-refractivity contribution is 5.59. The van der Waals surface area contributed by atoms with Crippen LogP contribution in [0.2, 0.25) is 0 Å². The number of nitriles is 1. The van der Waals surface area contributed by atoms with Gasteiger partial charge in [-0.15, -0.1) is 0 Å². The van der Waals surface area contributed by atoms with Gasteiger partial charge in [-0.2, -0.15) is 5.26 Å². The molecule has 112 valence electrons. The SMILES string of the molecule is Cc1cccc2c1CN(CC1CCNCC1)N2CCC#N. The molecule has 0 amide bonds. The Labute approximate surface area is 127 Å². The highest BCUT2D eigenvalue weighted by atomic mass is 15.6. The second-order valence-electron chi connectivity index (χ2n) is 6.14. The molecule has 2 aliphatic heterocycles. The van der Waals surface area contributed by atoms with Crippen LogP contribution in [0.4, 0.5) is 5.69 Å². The Balaban J connectivity index is 1.76. The van der Waals surface area contributed by atoms with Crippen LogP contribution in [0, 0.1) is 24.2 Å². The van der Waals surface area contributed by atoms with Gasteiger partial charge in [0.2, 0.25) is 0 Å². The number of anilines is 1. The summed E-state index contributed by atoms with van der Waals surface area (Å²) in [5, 5.41) is 17.2. The van der Waals surface area contributed by atoms with Crippen LogP contribution in [-0.2, 0) is 6.54 Å². The molecule has 2 aliphatic rings. The molecule has 3 rings (SSSR count). The molecule has 0 aliphatic carbocycles. The minimum Gasteiger partial charge on any atom is -0.317 e. The summed E-state index contributed by atoms with van der Waals surface area (Å²) in [6.07, 6.45) is 3.10. The first-order valence-electron chi connectivity index (χ1n) is 7.98. The van der Waals surface area contributed by atoms with Crippen LogP contribution in [0.25, 0.3) is 0 Å². The van der Waals surface area contributed by atoms with Gasteiger partial charge in [0.25, 0.3) is 0 Å². The van der Waals surface area contributed by atoms with Gasteiger partial charge in [-0.1, -0.05) is 12.1 Å². The fraction of sp³-hybridized carbons (Fsp3) is 0.588. The fourth-order valence-electron chi connectivity index (χ4n) is 3.50. The maximum atomic E-state index is 8.93. The number of hydrogen-bond acceptors (Lipinski definition) is 4. The highest BCUT2D eigenvalue weighted by Gasteiger charge is 2.29. The molecule has 0 radical (unpaired) electrons. The normalized spacial score (nSPS) is 19.5. The minimum atomic E-state index is 0.579. The summed E-state index contributed by atoms with van der Waals surface area (Å²) in [4.78, 5) is 0. The van der Waals surface area contributed by atoms with Crippen LogP contribution in [0.15, 0.2) is 18.2 Å². The molecule has 1 N–H and O–H groups in total. The van der Waals surface area contributed by atoms with Gasteiger partial charge in [-0.3, -0.25) is 0 Å². The van der Waals surface area contributed by atoms with Crippen molar-refractivity contribution in [2.24, 2.45) is 5.92 Å². The van der Waals surface area contributed by atoms with Crippen LogP contribution in [0.5, 0.6) is 0 Å². The van der Waals surface area contributed by atoms with Crippen molar-refractivity contribution in [3.05, 3.63) is 29.3 Å². The van der Waals surface area contributed by atoms with Crippen molar-refractivity contribution in [1.29, 1.82) is 5.26 Å². The quantitative estimate of drug-likeness (QED) is 0.922. The Morgan fingerprint density at radius 2 is 2.14 bits per heavy atom. The molecule has 0 unspecified atom stereocenters. The van der Waals surface area contributed by atoms with Gasteiger partial charge in [-0.05, 0) is 56.0 Å². The third kappa shape index (κ3) is 3.04. The lowest BCUT2D eigenvalue weighted by atomic mass is 9.98. The van der Waals surface area contributed by atoms with Gasteiger partial charge >= 0.3 is 0 Å². The number of piperidine rings is 1. The molecular weight excluding hydrogens is 260 g/mol. The fourth-order valence-corrected chi connectivity index (χ4v) is 3.50. The van der Waals surface area contributed by atoms with Gasteiger partial charge in [0, 0.05) is 19.6 Å². The van der Waals surface area contributed by atoms with Crippen LogP contribution in [0.3, 0.4) is 0 Å². The number of aryl methyl sites for hydroxylation is 1. The predicted octanol–water partition coefficient (Wildman–Crippen LogP) is 2.45. The largest absolute Gasteiger partial charge is 0.317 e. The number of nitrogens with one attached hydrogen (secondary N) is 1. The third-order valence-corrected chi connectivity index (χ3v) is 4.71. The number of benzene rings is 1. The predicted molar refractivity (Wildman–Crippen MR) is 84.8 cm³/mol. The Morgan fingerprint density at radius 1 is 1.33 bits per heavy atom. The summed E-state index contributed by atoms with van der Waals surface area (Å²) in [6.45, 7) is 7.39. The number of hydrazine groups is 1. The topological polar surface area (TPSA) is 42.3 Å². The molecular formula is C17H24N4. The number of fused-ring (bicyclic) bond motifs is 1. The second kappa shape index (κ2) is 6.46. The monoisotopic (exact) mass is 284 g/mol. The van der Waals surface area contributed by atoms with Crippen LogP contribution in [0.1, 0.15) is 30.4 Å². The molecule has 4 nitrogen and oxygen atoms in total. The smallest absolute Gasteiger partial charge is 0.0641 e. The van der Waals surface area contributed by atoms with E-state index in [0.29, 0.717) is 6.42 Å². The molecule has 4 heteroatoms. The minimum absolute atomic E-state index is 0.579. The lowest BCUT2D eigenvalue weighted by Crippen LogP contribution is -2.43. The lowest BCUT2D eigenvalue weighted by Gasteiger charge is -2.34. The Morgan fingerprint density at radius 3 is 2.90 bits per heavy atom. The number of hydrogen-bond donors (Lipinski definition) is 1. The Hall–Kier alpha value is -1.57. The highest BCUT2D eigenvalue weighted by Crippen LogP contribution is 2.34. The van der Waals surface area contributed by atoms with E-state index in [1.54, 1.807) is 0 Å². The first-order chi connectivity index (χ1) is 10.3. The van der Waals surface area contributed by atoms with E-state index in [-0.39, 0.29) is 0 Å². The summed E-state index contributed by atoms with van der Waals surface area (Å²) in [5.74, 6) is 0.769. The van der Waals surface area contributed by atoms with Crippen molar-refractivity contribution >= 4 is 5.69 Å². The zero-order valence-corrected chi connectivity index (χ0v) is 12.8. The zero-order valence-electron chi connectivity index (χ0n) is 12.8. The Kier molecular flexibility index (Phi) is 4.42. The first kappa shape index (κ1) is 14.4. The van der Waals surface area contributed by atoms with Gasteiger partial charge in [0.15, 0.2) is 0 Å². The van der Waals surface area contributed by atoms with Crippen molar-refractivity contribution in [3.63, 3.8) is 0 Å². The van der Waals surface area contributed by atoms with Gasteiger partial charge in [0.1, 0.15) is 0 Å². The molecule has 0 saturated carbocycles. The van der Waals surface area contributed by atoms with Crippen LogP contribution in [-0.4, -0.2) is 31.2 Å².